The predicted molar refractivity (Wildman–Crippen MR) is 120 cm³/mol. The molecule has 3 rings (SSSR count). The summed E-state index contributed by atoms with van der Waals surface area (Å²) in [4.78, 5) is 4.43. The van der Waals surface area contributed by atoms with E-state index in [1.54, 1.807) is 7.11 Å². The minimum Gasteiger partial charge on any atom is -0.497 e. The topological polar surface area (TPSA) is 81.2 Å². The van der Waals surface area contributed by atoms with Gasteiger partial charge in [0.25, 0.3) is 0 Å². The third kappa shape index (κ3) is 5.09. The minimum absolute atomic E-state index is 0.212. The zero-order valence-corrected chi connectivity index (χ0v) is 17.5. The molecule has 0 aliphatic heterocycles. The average molecular weight is 402 g/mol. The molecule has 0 aliphatic rings. The highest BCUT2D eigenvalue weighted by molar-refractivity contribution is 5.80. The Morgan fingerprint density at radius 1 is 0.967 bits per heavy atom. The maximum absolute atomic E-state index is 9.63. The number of hydrogen-bond acceptors (Lipinski definition) is 5. The normalized spacial score (nSPS) is 10.4. The Morgan fingerprint density at radius 2 is 1.77 bits per heavy atom. The molecule has 0 spiro atoms. The van der Waals surface area contributed by atoms with Gasteiger partial charge in [0, 0.05) is 11.1 Å². The highest BCUT2D eigenvalue weighted by Gasteiger charge is 2.14. The number of nitrogens with zero attached hydrogens (tertiary/aromatic N) is 2. The Kier molecular flexibility index (Phi) is 7.29. The molecule has 0 saturated heterocycles. The predicted octanol–water partition coefficient (Wildman–Crippen LogP) is 5.84. The number of pyridine rings is 1. The molecule has 1 aromatic heterocycles. The van der Waals surface area contributed by atoms with Gasteiger partial charge in [0.15, 0.2) is 0 Å². The molecule has 0 atom stereocenters. The van der Waals surface area contributed by atoms with Crippen molar-refractivity contribution in [2.45, 2.75) is 32.6 Å². The van der Waals surface area contributed by atoms with Crippen LogP contribution >= 0.6 is 0 Å². The van der Waals surface area contributed by atoms with Crippen LogP contribution in [-0.4, -0.2) is 18.7 Å². The van der Waals surface area contributed by atoms with E-state index in [0.29, 0.717) is 17.9 Å². The summed E-state index contributed by atoms with van der Waals surface area (Å²) < 4.78 is 11.1. The first-order valence-corrected chi connectivity index (χ1v) is 10.2. The Hall–Kier alpha value is -3.52. The van der Waals surface area contributed by atoms with Crippen LogP contribution in [0.15, 0.2) is 54.6 Å². The van der Waals surface area contributed by atoms with Gasteiger partial charge in [-0.3, -0.25) is 0 Å². The molecule has 0 unspecified atom stereocenters. The molecule has 1 heterocycles. The van der Waals surface area contributed by atoms with E-state index in [0.717, 1.165) is 34.6 Å². The van der Waals surface area contributed by atoms with Crippen molar-refractivity contribution in [2.24, 2.45) is 0 Å². The van der Waals surface area contributed by atoms with E-state index in [4.69, 9.17) is 15.2 Å². The summed E-state index contributed by atoms with van der Waals surface area (Å²) in [5, 5.41) is 9.63. The SMILES string of the molecule is CCCCCCOc1ccc(-c2cc(-c3cccc(OC)c3)nc(N)c2C#N)cc1. The van der Waals surface area contributed by atoms with Crippen LogP contribution < -0.4 is 15.2 Å². The summed E-state index contributed by atoms with van der Waals surface area (Å²) in [6.45, 7) is 2.91. The average Bonchev–Trinajstić information content (AvgIpc) is 2.79. The fraction of sp³-hybridized carbons (Fsp3) is 0.280. The molecular formula is C25H27N3O2. The second-order valence-electron chi connectivity index (χ2n) is 7.09. The molecule has 0 fully saturated rings. The maximum atomic E-state index is 9.63. The summed E-state index contributed by atoms with van der Waals surface area (Å²) in [7, 11) is 1.62. The lowest BCUT2D eigenvalue weighted by Crippen LogP contribution is -2.00. The smallest absolute Gasteiger partial charge is 0.142 e. The van der Waals surface area contributed by atoms with E-state index in [1.165, 1.54) is 19.3 Å². The number of aromatic nitrogens is 1. The number of ether oxygens (including phenoxy) is 2. The quantitative estimate of drug-likeness (QED) is 0.456. The number of nitrogens with two attached hydrogens (primary N) is 1. The van der Waals surface area contributed by atoms with Crippen LogP contribution in [0.5, 0.6) is 11.5 Å². The zero-order valence-electron chi connectivity index (χ0n) is 17.5. The van der Waals surface area contributed by atoms with E-state index in [-0.39, 0.29) is 5.82 Å². The first-order valence-electron chi connectivity index (χ1n) is 10.2. The Morgan fingerprint density at radius 3 is 2.47 bits per heavy atom. The number of nitriles is 1. The highest BCUT2D eigenvalue weighted by atomic mass is 16.5. The van der Waals surface area contributed by atoms with Crippen molar-refractivity contribution in [2.75, 3.05) is 19.5 Å². The molecule has 0 radical (unpaired) electrons. The van der Waals surface area contributed by atoms with Crippen LogP contribution in [0.25, 0.3) is 22.4 Å². The van der Waals surface area contributed by atoms with Crippen molar-refractivity contribution in [3.05, 3.63) is 60.2 Å². The third-order valence-corrected chi connectivity index (χ3v) is 4.96. The number of anilines is 1. The van der Waals surface area contributed by atoms with Crippen LogP contribution in [0, 0.1) is 11.3 Å². The largest absolute Gasteiger partial charge is 0.497 e. The molecule has 0 bridgehead atoms. The molecule has 0 saturated carbocycles. The van der Waals surface area contributed by atoms with Gasteiger partial charge in [0.05, 0.1) is 19.4 Å². The van der Waals surface area contributed by atoms with Gasteiger partial charge < -0.3 is 15.2 Å². The van der Waals surface area contributed by atoms with Crippen molar-refractivity contribution in [3.8, 4) is 40.0 Å². The summed E-state index contributed by atoms with van der Waals surface area (Å²) in [6.07, 6.45) is 4.68. The number of rotatable bonds is 9. The number of hydrogen-bond donors (Lipinski definition) is 1. The Bertz CT molecular complexity index is 1020. The van der Waals surface area contributed by atoms with Gasteiger partial charge in [-0.05, 0) is 42.3 Å². The molecule has 2 aromatic carbocycles. The van der Waals surface area contributed by atoms with Crippen LogP contribution in [-0.2, 0) is 0 Å². The van der Waals surface area contributed by atoms with Gasteiger partial charge in [-0.1, -0.05) is 50.5 Å². The van der Waals surface area contributed by atoms with Crippen molar-refractivity contribution < 1.29 is 9.47 Å². The molecule has 2 N–H and O–H groups in total. The fourth-order valence-electron chi connectivity index (χ4n) is 3.29. The summed E-state index contributed by atoms with van der Waals surface area (Å²) in [5.41, 5.74) is 9.70. The molecular weight excluding hydrogens is 374 g/mol. The van der Waals surface area contributed by atoms with Gasteiger partial charge in [-0.15, -0.1) is 0 Å². The highest BCUT2D eigenvalue weighted by Crippen LogP contribution is 2.33. The monoisotopic (exact) mass is 401 g/mol. The molecule has 0 aliphatic carbocycles. The lowest BCUT2D eigenvalue weighted by molar-refractivity contribution is 0.305. The van der Waals surface area contributed by atoms with Gasteiger partial charge >= 0.3 is 0 Å². The molecule has 5 nitrogen and oxygen atoms in total. The zero-order chi connectivity index (χ0) is 21.3. The summed E-state index contributed by atoms with van der Waals surface area (Å²) in [6, 6.07) is 19.4. The standard InChI is InChI=1S/C25H27N3O2/c1-3-4-5-6-14-30-20-12-10-18(11-13-20)22-16-24(28-25(27)23(22)17-26)19-8-7-9-21(15-19)29-2/h7-13,15-16H,3-6,14H2,1-2H3,(H2,27,28). The van der Waals surface area contributed by atoms with Gasteiger partial charge in [-0.25, -0.2) is 4.98 Å². The van der Waals surface area contributed by atoms with Crippen molar-refractivity contribution in [1.29, 1.82) is 5.26 Å². The second-order valence-corrected chi connectivity index (χ2v) is 7.09. The van der Waals surface area contributed by atoms with Crippen LogP contribution in [0.4, 0.5) is 5.82 Å². The summed E-state index contributed by atoms with van der Waals surface area (Å²) >= 11 is 0. The molecule has 5 heteroatoms. The third-order valence-electron chi connectivity index (χ3n) is 4.96. The molecule has 3 aromatic rings. The van der Waals surface area contributed by atoms with Crippen LogP contribution in [0.3, 0.4) is 0 Å². The van der Waals surface area contributed by atoms with E-state index < -0.39 is 0 Å². The minimum atomic E-state index is 0.212. The van der Waals surface area contributed by atoms with Crippen molar-refractivity contribution >= 4 is 5.82 Å². The van der Waals surface area contributed by atoms with Crippen LogP contribution in [0.2, 0.25) is 0 Å². The van der Waals surface area contributed by atoms with Crippen molar-refractivity contribution in [3.63, 3.8) is 0 Å². The first-order chi connectivity index (χ1) is 14.7. The lowest BCUT2D eigenvalue weighted by atomic mass is 9.98. The van der Waals surface area contributed by atoms with Gasteiger partial charge in [0.1, 0.15) is 28.9 Å². The van der Waals surface area contributed by atoms with E-state index in [2.05, 4.69) is 18.0 Å². The number of nitrogen functional groups attached to an aromatic ring is 1. The van der Waals surface area contributed by atoms with E-state index in [1.807, 2.05) is 54.6 Å². The Labute approximate surface area is 178 Å². The molecule has 30 heavy (non-hydrogen) atoms. The second kappa shape index (κ2) is 10.3. The first kappa shape index (κ1) is 21.2. The van der Waals surface area contributed by atoms with Gasteiger partial charge in [-0.2, -0.15) is 5.26 Å². The molecule has 0 amide bonds. The van der Waals surface area contributed by atoms with Crippen molar-refractivity contribution in [1.82, 2.24) is 4.98 Å². The van der Waals surface area contributed by atoms with E-state index in [9.17, 15) is 5.26 Å². The van der Waals surface area contributed by atoms with E-state index >= 15 is 0 Å². The number of benzene rings is 2. The van der Waals surface area contributed by atoms with Gasteiger partial charge in [0.2, 0.25) is 0 Å². The summed E-state index contributed by atoms with van der Waals surface area (Å²) in [5.74, 6) is 1.77. The number of methoxy groups -OCH3 is 1. The number of unbranched alkanes of at least 4 members (excludes halogenated alkanes) is 3. The Balaban J connectivity index is 1.87. The fourth-order valence-corrected chi connectivity index (χ4v) is 3.29. The lowest BCUT2D eigenvalue weighted by Gasteiger charge is -2.12. The maximum Gasteiger partial charge on any atom is 0.142 e. The van der Waals surface area contributed by atoms with Crippen LogP contribution in [0.1, 0.15) is 38.2 Å². The molecule has 154 valence electrons.